The Morgan fingerprint density at radius 3 is 2.40 bits per heavy atom. The number of ether oxygens (including phenoxy) is 3. The summed E-state index contributed by atoms with van der Waals surface area (Å²) in [6.45, 7) is 1.81. The molecular formula is C17H14BrF3O4. The number of halogens is 4. The van der Waals surface area contributed by atoms with Crippen LogP contribution in [-0.4, -0.2) is 18.9 Å². The van der Waals surface area contributed by atoms with Crippen LogP contribution in [0.4, 0.5) is 13.2 Å². The summed E-state index contributed by atoms with van der Waals surface area (Å²) in [6.07, 6.45) is -4.86. The zero-order chi connectivity index (χ0) is 18.4. The van der Waals surface area contributed by atoms with E-state index < -0.39 is 18.1 Å². The van der Waals surface area contributed by atoms with Crippen molar-refractivity contribution in [2.75, 3.05) is 6.61 Å². The minimum Gasteiger partial charge on any atom is -0.488 e. The minimum absolute atomic E-state index is 0.0787. The molecule has 0 aliphatic rings. The fraction of sp³-hybridized carbons (Fsp3) is 0.235. The van der Waals surface area contributed by atoms with Gasteiger partial charge in [0.25, 0.3) is 0 Å². The molecule has 25 heavy (non-hydrogen) atoms. The Labute approximate surface area is 150 Å². The smallest absolute Gasteiger partial charge is 0.488 e. The van der Waals surface area contributed by atoms with Gasteiger partial charge in [-0.05, 0) is 42.8 Å². The molecule has 2 rings (SSSR count). The molecule has 0 fully saturated rings. The Kier molecular flexibility index (Phi) is 6.30. The van der Waals surface area contributed by atoms with Crippen LogP contribution in [0, 0.1) is 0 Å². The van der Waals surface area contributed by atoms with Crippen LogP contribution in [0.5, 0.6) is 11.5 Å². The SMILES string of the molecule is CCOC(=O)c1cc(OC(F)(F)F)ccc1OCc1ccc(Br)cc1. The predicted molar refractivity (Wildman–Crippen MR) is 87.6 cm³/mol. The second-order valence-corrected chi connectivity index (χ2v) is 5.76. The van der Waals surface area contributed by atoms with Gasteiger partial charge in [0.2, 0.25) is 0 Å². The van der Waals surface area contributed by atoms with Gasteiger partial charge >= 0.3 is 12.3 Å². The first-order valence-corrected chi connectivity index (χ1v) is 8.02. The number of rotatable bonds is 6. The standard InChI is InChI=1S/C17H14BrF3O4/c1-2-23-16(22)14-9-13(25-17(19,20)21)7-8-15(14)24-10-11-3-5-12(18)6-4-11/h3-9H,2,10H2,1H3. The average Bonchev–Trinajstić information content (AvgIpc) is 2.54. The van der Waals surface area contributed by atoms with Gasteiger partial charge in [-0.3, -0.25) is 0 Å². The van der Waals surface area contributed by atoms with E-state index in [0.29, 0.717) is 0 Å². The second kappa shape index (κ2) is 8.24. The van der Waals surface area contributed by atoms with Crippen molar-refractivity contribution in [2.24, 2.45) is 0 Å². The van der Waals surface area contributed by atoms with E-state index >= 15 is 0 Å². The lowest BCUT2D eigenvalue weighted by Gasteiger charge is -2.14. The third-order valence-corrected chi connectivity index (χ3v) is 3.52. The van der Waals surface area contributed by atoms with Crippen LogP contribution < -0.4 is 9.47 Å². The Bertz CT molecular complexity index is 730. The van der Waals surface area contributed by atoms with Crippen LogP contribution in [0.2, 0.25) is 0 Å². The van der Waals surface area contributed by atoms with Crippen molar-refractivity contribution < 1.29 is 32.2 Å². The van der Waals surface area contributed by atoms with Crippen molar-refractivity contribution in [3.8, 4) is 11.5 Å². The van der Waals surface area contributed by atoms with Gasteiger partial charge in [0.05, 0.1) is 6.61 Å². The molecule has 134 valence electrons. The Morgan fingerprint density at radius 1 is 1.12 bits per heavy atom. The molecule has 0 aromatic heterocycles. The van der Waals surface area contributed by atoms with Crippen LogP contribution in [0.1, 0.15) is 22.8 Å². The van der Waals surface area contributed by atoms with Gasteiger partial charge in [0.15, 0.2) is 0 Å². The second-order valence-electron chi connectivity index (χ2n) is 4.84. The Hall–Kier alpha value is -2.22. The molecular weight excluding hydrogens is 405 g/mol. The van der Waals surface area contributed by atoms with Crippen LogP contribution in [0.15, 0.2) is 46.9 Å². The highest BCUT2D eigenvalue weighted by Crippen LogP contribution is 2.29. The van der Waals surface area contributed by atoms with Crippen molar-refractivity contribution in [3.05, 3.63) is 58.1 Å². The molecule has 4 nitrogen and oxygen atoms in total. The topological polar surface area (TPSA) is 44.8 Å². The van der Waals surface area contributed by atoms with Crippen molar-refractivity contribution in [1.29, 1.82) is 0 Å². The number of hydrogen-bond acceptors (Lipinski definition) is 4. The molecule has 2 aromatic carbocycles. The average molecular weight is 419 g/mol. The van der Waals surface area contributed by atoms with Gasteiger partial charge in [-0.25, -0.2) is 4.79 Å². The number of carbonyl (C=O) groups is 1. The Morgan fingerprint density at radius 2 is 1.80 bits per heavy atom. The first kappa shape index (κ1) is 19.1. The molecule has 0 amide bonds. The minimum atomic E-state index is -4.86. The molecule has 0 atom stereocenters. The molecule has 0 unspecified atom stereocenters. The predicted octanol–water partition coefficient (Wildman–Crippen LogP) is 5.10. The summed E-state index contributed by atoms with van der Waals surface area (Å²) in [5.41, 5.74) is 0.689. The highest BCUT2D eigenvalue weighted by molar-refractivity contribution is 9.10. The molecule has 8 heteroatoms. The van der Waals surface area contributed by atoms with E-state index in [9.17, 15) is 18.0 Å². The van der Waals surface area contributed by atoms with Gasteiger partial charge in [-0.15, -0.1) is 13.2 Å². The van der Waals surface area contributed by atoms with Gasteiger partial charge in [0, 0.05) is 4.47 Å². The summed E-state index contributed by atoms with van der Waals surface area (Å²) in [5.74, 6) is -1.21. The Balaban J connectivity index is 2.22. The summed E-state index contributed by atoms with van der Waals surface area (Å²) in [7, 11) is 0. The molecule has 0 heterocycles. The fourth-order valence-corrected chi connectivity index (χ4v) is 2.21. The highest BCUT2D eigenvalue weighted by Gasteiger charge is 2.31. The number of hydrogen-bond donors (Lipinski definition) is 0. The van der Waals surface area contributed by atoms with Crippen molar-refractivity contribution in [2.45, 2.75) is 19.9 Å². The van der Waals surface area contributed by atoms with Gasteiger partial charge in [-0.1, -0.05) is 28.1 Å². The monoisotopic (exact) mass is 418 g/mol. The molecule has 0 spiro atoms. The lowest BCUT2D eigenvalue weighted by atomic mass is 10.2. The molecule has 0 saturated heterocycles. The number of benzene rings is 2. The van der Waals surface area contributed by atoms with Crippen LogP contribution in [0.3, 0.4) is 0 Å². The van der Waals surface area contributed by atoms with E-state index in [-0.39, 0.29) is 24.5 Å². The largest absolute Gasteiger partial charge is 0.573 e. The molecule has 2 aromatic rings. The lowest BCUT2D eigenvalue weighted by molar-refractivity contribution is -0.274. The fourth-order valence-electron chi connectivity index (χ4n) is 1.94. The van der Waals surface area contributed by atoms with Gasteiger partial charge in [-0.2, -0.15) is 0 Å². The third kappa shape index (κ3) is 5.97. The van der Waals surface area contributed by atoms with E-state index in [1.54, 1.807) is 6.92 Å². The maximum absolute atomic E-state index is 12.4. The van der Waals surface area contributed by atoms with E-state index in [1.165, 1.54) is 6.07 Å². The summed E-state index contributed by atoms with van der Waals surface area (Å²) >= 11 is 3.31. The number of esters is 1. The van der Waals surface area contributed by atoms with Crippen LogP contribution >= 0.6 is 15.9 Å². The van der Waals surface area contributed by atoms with Crippen molar-refractivity contribution in [1.82, 2.24) is 0 Å². The highest BCUT2D eigenvalue weighted by atomic mass is 79.9. The van der Waals surface area contributed by atoms with E-state index in [4.69, 9.17) is 9.47 Å². The third-order valence-electron chi connectivity index (χ3n) is 2.99. The maximum atomic E-state index is 12.4. The van der Waals surface area contributed by atoms with Crippen molar-refractivity contribution >= 4 is 21.9 Å². The summed E-state index contributed by atoms with van der Waals surface area (Å²) in [6, 6.07) is 10.5. The summed E-state index contributed by atoms with van der Waals surface area (Å²) < 4.78 is 52.2. The van der Waals surface area contributed by atoms with E-state index in [0.717, 1.165) is 22.2 Å². The summed E-state index contributed by atoms with van der Waals surface area (Å²) in [5, 5.41) is 0. The quantitative estimate of drug-likeness (QED) is 0.611. The first-order chi connectivity index (χ1) is 11.8. The van der Waals surface area contributed by atoms with E-state index in [1.807, 2.05) is 24.3 Å². The number of carbonyl (C=O) groups excluding carboxylic acids is 1. The first-order valence-electron chi connectivity index (χ1n) is 7.22. The molecule has 0 N–H and O–H groups in total. The molecule has 0 saturated carbocycles. The van der Waals surface area contributed by atoms with Gasteiger partial charge in [0.1, 0.15) is 23.7 Å². The molecule has 0 aliphatic heterocycles. The zero-order valence-corrected chi connectivity index (χ0v) is 14.7. The van der Waals surface area contributed by atoms with Crippen LogP contribution in [0.25, 0.3) is 0 Å². The normalized spacial score (nSPS) is 11.1. The van der Waals surface area contributed by atoms with E-state index in [2.05, 4.69) is 20.7 Å². The van der Waals surface area contributed by atoms with Crippen LogP contribution in [-0.2, 0) is 11.3 Å². The zero-order valence-electron chi connectivity index (χ0n) is 13.1. The van der Waals surface area contributed by atoms with Crippen molar-refractivity contribution in [3.63, 3.8) is 0 Å². The molecule has 0 aliphatic carbocycles. The molecule has 0 radical (unpaired) electrons. The number of alkyl halides is 3. The van der Waals surface area contributed by atoms with Gasteiger partial charge < -0.3 is 14.2 Å². The summed E-state index contributed by atoms with van der Waals surface area (Å²) in [4.78, 5) is 12.0. The lowest BCUT2D eigenvalue weighted by Crippen LogP contribution is -2.17. The maximum Gasteiger partial charge on any atom is 0.573 e. The molecule has 0 bridgehead atoms.